The van der Waals surface area contributed by atoms with Gasteiger partial charge in [-0.3, -0.25) is 4.98 Å². The lowest BCUT2D eigenvalue weighted by molar-refractivity contribution is -0.138. The van der Waals surface area contributed by atoms with Crippen molar-refractivity contribution in [3.63, 3.8) is 0 Å². The van der Waals surface area contributed by atoms with Crippen molar-refractivity contribution in [2.24, 2.45) is 5.73 Å². The van der Waals surface area contributed by atoms with Crippen LogP contribution in [0.4, 0.5) is 13.2 Å². The molecule has 0 radical (unpaired) electrons. The molecule has 0 amide bonds. The summed E-state index contributed by atoms with van der Waals surface area (Å²) in [5.41, 5.74) is 5.40. The average molecular weight is 282 g/mol. The van der Waals surface area contributed by atoms with Crippen molar-refractivity contribution in [1.29, 1.82) is 0 Å². The highest BCUT2D eigenvalue weighted by Crippen LogP contribution is 2.34. The summed E-state index contributed by atoms with van der Waals surface area (Å²) in [6, 6.07) is 7.85. The summed E-state index contributed by atoms with van der Waals surface area (Å²) in [5, 5.41) is 0. The van der Waals surface area contributed by atoms with Crippen LogP contribution in [0.25, 0.3) is 0 Å². The van der Waals surface area contributed by atoms with Gasteiger partial charge in [-0.15, -0.1) is 0 Å². The van der Waals surface area contributed by atoms with Gasteiger partial charge in [0.25, 0.3) is 0 Å². The fraction of sp³-hybridized carbons (Fsp3) is 0.214. The number of hydrogen-bond donors (Lipinski definition) is 1. The number of alkyl halides is 3. The standard InChI is InChI=1S/C14H13F3N2O/c1-20-10-5-2-4-9(8-10)12(18)13-11(14(15,16)17)6-3-7-19-13/h2-8,12H,18H2,1H3/t12-/m0/s1. The van der Waals surface area contributed by atoms with Gasteiger partial charge in [0.2, 0.25) is 0 Å². The number of benzene rings is 1. The van der Waals surface area contributed by atoms with Crippen molar-refractivity contribution in [1.82, 2.24) is 4.98 Å². The average Bonchev–Trinajstić information content (AvgIpc) is 2.45. The maximum absolute atomic E-state index is 12.9. The van der Waals surface area contributed by atoms with Gasteiger partial charge >= 0.3 is 6.18 Å². The number of methoxy groups -OCH3 is 1. The third-order valence-electron chi connectivity index (χ3n) is 2.89. The molecule has 0 saturated carbocycles. The Labute approximate surface area is 114 Å². The molecule has 20 heavy (non-hydrogen) atoms. The molecule has 6 heteroatoms. The lowest BCUT2D eigenvalue weighted by Crippen LogP contribution is -2.20. The van der Waals surface area contributed by atoms with Crippen LogP contribution >= 0.6 is 0 Å². The zero-order valence-electron chi connectivity index (χ0n) is 10.7. The summed E-state index contributed by atoms with van der Waals surface area (Å²) in [4.78, 5) is 3.79. The molecule has 3 nitrogen and oxygen atoms in total. The molecule has 1 heterocycles. The first kappa shape index (κ1) is 14.3. The maximum Gasteiger partial charge on any atom is 0.418 e. The van der Waals surface area contributed by atoms with Crippen molar-refractivity contribution in [2.75, 3.05) is 7.11 Å². The first-order valence-corrected chi connectivity index (χ1v) is 5.85. The van der Waals surface area contributed by atoms with E-state index >= 15 is 0 Å². The highest BCUT2D eigenvalue weighted by Gasteiger charge is 2.35. The quantitative estimate of drug-likeness (QED) is 0.940. The van der Waals surface area contributed by atoms with E-state index in [4.69, 9.17) is 10.5 Å². The van der Waals surface area contributed by atoms with Gasteiger partial charge in [0.15, 0.2) is 0 Å². The minimum absolute atomic E-state index is 0.201. The van der Waals surface area contributed by atoms with Crippen LogP contribution in [0.15, 0.2) is 42.6 Å². The van der Waals surface area contributed by atoms with Crippen LogP contribution < -0.4 is 10.5 Å². The number of aromatic nitrogens is 1. The monoisotopic (exact) mass is 282 g/mol. The molecule has 2 rings (SSSR count). The molecular weight excluding hydrogens is 269 g/mol. The molecule has 0 aliphatic rings. The Morgan fingerprint density at radius 1 is 1.20 bits per heavy atom. The summed E-state index contributed by atoms with van der Waals surface area (Å²) in [5.74, 6) is 0.530. The van der Waals surface area contributed by atoms with E-state index in [0.717, 1.165) is 6.07 Å². The zero-order chi connectivity index (χ0) is 14.8. The maximum atomic E-state index is 12.9. The van der Waals surface area contributed by atoms with E-state index in [1.54, 1.807) is 24.3 Å². The van der Waals surface area contributed by atoms with Crippen LogP contribution in [-0.2, 0) is 6.18 Å². The van der Waals surface area contributed by atoms with Crippen molar-refractivity contribution >= 4 is 0 Å². The van der Waals surface area contributed by atoms with Gasteiger partial charge in [-0.1, -0.05) is 12.1 Å². The molecule has 0 bridgehead atoms. The normalized spacial score (nSPS) is 13.1. The molecule has 0 spiro atoms. The Kier molecular flexibility index (Phi) is 3.94. The fourth-order valence-electron chi connectivity index (χ4n) is 1.90. The Hall–Kier alpha value is -2.08. The number of halogens is 3. The van der Waals surface area contributed by atoms with Gasteiger partial charge in [0, 0.05) is 6.20 Å². The molecule has 1 atom stereocenters. The topological polar surface area (TPSA) is 48.1 Å². The van der Waals surface area contributed by atoms with E-state index in [9.17, 15) is 13.2 Å². The van der Waals surface area contributed by atoms with Crippen LogP contribution in [0.1, 0.15) is 22.9 Å². The minimum Gasteiger partial charge on any atom is -0.497 e. The van der Waals surface area contributed by atoms with E-state index in [2.05, 4.69) is 4.98 Å². The van der Waals surface area contributed by atoms with Crippen LogP contribution in [0.2, 0.25) is 0 Å². The van der Waals surface area contributed by atoms with Crippen molar-refractivity contribution in [2.45, 2.75) is 12.2 Å². The molecule has 2 N–H and O–H groups in total. The van der Waals surface area contributed by atoms with Gasteiger partial charge < -0.3 is 10.5 Å². The predicted molar refractivity (Wildman–Crippen MR) is 68.3 cm³/mol. The summed E-state index contributed by atoms with van der Waals surface area (Å²) in [6.07, 6.45) is -3.19. The molecule has 1 aromatic heterocycles. The van der Waals surface area contributed by atoms with Gasteiger partial charge in [0.05, 0.1) is 24.4 Å². The Bertz CT molecular complexity index is 599. The second kappa shape index (κ2) is 5.50. The second-order valence-electron chi connectivity index (χ2n) is 4.19. The van der Waals surface area contributed by atoms with Crippen molar-refractivity contribution in [3.05, 3.63) is 59.4 Å². The first-order chi connectivity index (χ1) is 9.43. The number of nitrogens with two attached hydrogens (primary N) is 1. The highest BCUT2D eigenvalue weighted by molar-refractivity contribution is 5.37. The number of ether oxygens (including phenoxy) is 1. The molecule has 0 fully saturated rings. The number of nitrogens with zero attached hydrogens (tertiary/aromatic N) is 1. The van der Waals surface area contributed by atoms with Crippen molar-refractivity contribution < 1.29 is 17.9 Å². The SMILES string of the molecule is COc1cccc([C@H](N)c2ncccc2C(F)(F)F)c1. The van der Waals surface area contributed by atoms with Crippen LogP contribution in [-0.4, -0.2) is 12.1 Å². The predicted octanol–water partition coefficient (Wildman–Crippen LogP) is 3.16. The smallest absolute Gasteiger partial charge is 0.418 e. The largest absolute Gasteiger partial charge is 0.497 e. The van der Waals surface area contributed by atoms with Gasteiger partial charge in [-0.25, -0.2) is 0 Å². The lowest BCUT2D eigenvalue weighted by Gasteiger charge is -2.17. The minimum atomic E-state index is -4.49. The highest BCUT2D eigenvalue weighted by atomic mass is 19.4. The molecular formula is C14H13F3N2O. The summed E-state index contributed by atoms with van der Waals surface area (Å²) < 4.78 is 43.9. The Balaban J connectivity index is 2.45. The van der Waals surface area contributed by atoms with Gasteiger partial charge in [-0.05, 0) is 29.8 Å². The van der Waals surface area contributed by atoms with Crippen LogP contribution in [0, 0.1) is 0 Å². The molecule has 2 aromatic rings. The van der Waals surface area contributed by atoms with Crippen molar-refractivity contribution in [3.8, 4) is 5.75 Å². The second-order valence-corrected chi connectivity index (χ2v) is 4.19. The zero-order valence-corrected chi connectivity index (χ0v) is 10.7. The third-order valence-corrected chi connectivity index (χ3v) is 2.89. The third kappa shape index (κ3) is 2.91. The molecule has 0 unspecified atom stereocenters. The summed E-state index contributed by atoms with van der Waals surface area (Å²) in [6.45, 7) is 0. The Morgan fingerprint density at radius 2 is 1.95 bits per heavy atom. The molecule has 1 aromatic carbocycles. The number of hydrogen-bond acceptors (Lipinski definition) is 3. The summed E-state index contributed by atoms with van der Waals surface area (Å²) in [7, 11) is 1.48. The van der Waals surface area contributed by atoms with Crippen LogP contribution in [0.5, 0.6) is 5.75 Å². The fourth-order valence-corrected chi connectivity index (χ4v) is 1.90. The Morgan fingerprint density at radius 3 is 2.60 bits per heavy atom. The van der Waals surface area contributed by atoms with E-state index in [0.29, 0.717) is 11.3 Å². The number of rotatable bonds is 3. The van der Waals surface area contributed by atoms with E-state index < -0.39 is 17.8 Å². The van der Waals surface area contributed by atoms with Gasteiger partial charge in [0.1, 0.15) is 5.75 Å². The lowest BCUT2D eigenvalue weighted by atomic mass is 10.00. The molecule has 0 aliphatic heterocycles. The van der Waals surface area contributed by atoms with E-state index in [1.807, 2.05) is 0 Å². The van der Waals surface area contributed by atoms with E-state index in [-0.39, 0.29) is 5.69 Å². The van der Waals surface area contributed by atoms with Crippen LogP contribution in [0.3, 0.4) is 0 Å². The van der Waals surface area contributed by atoms with E-state index in [1.165, 1.54) is 19.4 Å². The number of pyridine rings is 1. The summed E-state index contributed by atoms with van der Waals surface area (Å²) >= 11 is 0. The molecule has 0 aliphatic carbocycles. The first-order valence-electron chi connectivity index (χ1n) is 5.85. The molecule has 0 saturated heterocycles. The molecule has 106 valence electrons. The van der Waals surface area contributed by atoms with Gasteiger partial charge in [-0.2, -0.15) is 13.2 Å².